The highest BCUT2D eigenvalue weighted by Gasteiger charge is 2.17. The molecule has 4 aromatic rings. The predicted molar refractivity (Wildman–Crippen MR) is 81.3 cm³/mol. The number of rotatable bonds is 3. The number of aryl methyl sites for hydroxylation is 1. The zero-order valence-corrected chi connectivity index (χ0v) is 12.8. The van der Waals surface area contributed by atoms with E-state index in [1.165, 1.54) is 24.2 Å². The molecule has 122 valence electrons. The summed E-state index contributed by atoms with van der Waals surface area (Å²) in [4.78, 5) is 32.7. The van der Waals surface area contributed by atoms with Crippen LogP contribution in [0.3, 0.4) is 0 Å². The third-order valence-corrected chi connectivity index (χ3v) is 3.73. The van der Waals surface area contributed by atoms with Crippen LogP contribution in [0, 0.1) is 0 Å². The number of hydrogen-bond acceptors (Lipinski definition) is 7. The molecule has 0 spiro atoms. The van der Waals surface area contributed by atoms with E-state index in [0.29, 0.717) is 17.2 Å². The molecule has 24 heavy (non-hydrogen) atoms. The Hall–Kier alpha value is -3.43. The quantitative estimate of drug-likeness (QED) is 0.525. The summed E-state index contributed by atoms with van der Waals surface area (Å²) < 4.78 is 14.3. The van der Waals surface area contributed by atoms with Crippen LogP contribution in [0.4, 0.5) is 0 Å². The summed E-state index contributed by atoms with van der Waals surface area (Å²) in [6, 6.07) is 3.44. The Morgan fingerprint density at radius 1 is 1.21 bits per heavy atom. The maximum absolute atomic E-state index is 12.4. The van der Waals surface area contributed by atoms with E-state index in [-0.39, 0.29) is 18.0 Å². The highest BCUT2D eigenvalue weighted by atomic mass is 16.5. The van der Waals surface area contributed by atoms with Crippen molar-refractivity contribution in [2.24, 2.45) is 14.1 Å². The molecule has 0 saturated carbocycles. The Labute approximate surface area is 133 Å². The van der Waals surface area contributed by atoms with Gasteiger partial charge < -0.3 is 13.5 Å². The first kappa shape index (κ1) is 14.2. The second-order valence-electron chi connectivity index (χ2n) is 5.24. The number of hydrogen-bond donors (Lipinski definition) is 0. The molecule has 0 amide bonds. The molecule has 0 atom stereocenters. The molecule has 0 aliphatic rings. The van der Waals surface area contributed by atoms with Gasteiger partial charge in [0.15, 0.2) is 16.9 Å². The van der Waals surface area contributed by atoms with Crippen molar-refractivity contribution in [1.29, 1.82) is 0 Å². The van der Waals surface area contributed by atoms with Gasteiger partial charge in [-0.25, -0.2) is 9.78 Å². The topological polar surface area (TPSA) is 114 Å². The molecule has 0 saturated heterocycles. The molecule has 10 heteroatoms. The third kappa shape index (κ3) is 2.00. The van der Waals surface area contributed by atoms with Crippen molar-refractivity contribution < 1.29 is 8.94 Å². The molecule has 0 fully saturated rings. The van der Waals surface area contributed by atoms with Gasteiger partial charge in [-0.3, -0.25) is 13.9 Å². The summed E-state index contributed by atoms with van der Waals surface area (Å²) in [6.45, 7) is 0.150. The lowest BCUT2D eigenvalue weighted by molar-refractivity contribution is 0.371. The zero-order chi connectivity index (χ0) is 16.8. The molecule has 0 bridgehead atoms. The predicted octanol–water partition coefficient (Wildman–Crippen LogP) is 0.125. The van der Waals surface area contributed by atoms with Crippen molar-refractivity contribution >= 4 is 11.2 Å². The fourth-order valence-corrected chi connectivity index (χ4v) is 2.49. The normalized spacial score (nSPS) is 11.4. The monoisotopic (exact) mass is 328 g/mol. The van der Waals surface area contributed by atoms with Crippen molar-refractivity contribution in [2.75, 3.05) is 0 Å². The van der Waals surface area contributed by atoms with Crippen LogP contribution < -0.4 is 11.2 Å². The summed E-state index contributed by atoms with van der Waals surface area (Å²) in [7, 11) is 2.98. The van der Waals surface area contributed by atoms with Gasteiger partial charge in [0.2, 0.25) is 11.7 Å². The smallest absolute Gasteiger partial charge is 0.332 e. The molecular weight excluding hydrogens is 316 g/mol. The molecule has 0 aromatic carbocycles. The third-order valence-electron chi connectivity index (χ3n) is 3.73. The van der Waals surface area contributed by atoms with Crippen LogP contribution in [0.25, 0.3) is 22.7 Å². The average Bonchev–Trinajstić information content (AvgIpc) is 3.31. The second kappa shape index (κ2) is 5.05. The van der Waals surface area contributed by atoms with Crippen molar-refractivity contribution in [3.63, 3.8) is 0 Å². The highest BCUT2D eigenvalue weighted by molar-refractivity contribution is 5.70. The van der Waals surface area contributed by atoms with Crippen molar-refractivity contribution in [2.45, 2.75) is 6.54 Å². The molecule has 0 aliphatic heterocycles. The van der Waals surface area contributed by atoms with Crippen LogP contribution in [-0.4, -0.2) is 28.8 Å². The Morgan fingerprint density at radius 2 is 2.04 bits per heavy atom. The van der Waals surface area contributed by atoms with E-state index in [1.54, 1.807) is 23.7 Å². The largest absolute Gasteiger partial charge is 0.461 e. The van der Waals surface area contributed by atoms with E-state index in [1.807, 2.05) is 0 Å². The first-order chi connectivity index (χ1) is 11.6. The molecule has 0 unspecified atom stereocenters. The Bertz CT molecular complexity index is 1140. The summed E-state index contributed by atoms with van der Waals surface area (Å²) >= 11 is 0. The number of fused-ring (bicyclic) bond motifs is 1. The summed E-state index contributed by atoms with van der Waals surface area (Å²) in [5.41, 5.74) is -0.279. The molecule has 4 aromatic heterocycles. The van der Waals surface area contributed by atoms with Crippen LogP contribution in [-0.2, 0) is 20.6 Å². The first-order valence-electron chi connectivity index (χ1n) is 7.03. The van der Waals surface area contributed by atoms with Gasteiger partial charge in [-0.2, -0.15) is 4.98 Å². The minimum atomic E-state index is -0.435. The van der Waals surface area contributed by atoms with Crippen LogP contribution >= 0.6 is 0 Å². The Kier molecular flexibility index (Phi) is 2.98. The molecule has 4 heterocycles. The maximum atomic E-state index is 12.4. The number of nitrogens with zero attached hydrogens (tertiary/aromatic N) is 6. The minimum absolute atomic E-state index is 0.150. The van der Waals surface area contributed by atoms with Crippen molar-refractivity contribution in [3.05, 3.63) is 51.5 Å². The van der Waals surface area contributed by atoms with Gasteiger partial charge >= 0.3 is 5.69 Å². The van der Waals surface area contributed by atoms with E-state index >= 15 is 0 Å². The van der Waals surface area contributed by atoms with Gasteiger partial charge in [-0.1, -0.05) is 5.16 Å². The summed E-state index contributed by atoms with van der Waals surface area (Å²) in [5, 5.41) is 3.84. The molecule has 0 N–H and O–H groups in total. The molecule has 4 rings (SSSR count). The standard InChI is InChI=1S/C14H12N6O4/c1-18-12-10(13(21)19(2)14(18)22)20(7-15-12)6-9-16-11(17-24-9)8-4-3-5-23-8/h3-5,7H,6H2,1-2H3. The van der Waals surface area contributed by atoms with Crippen LogP contribution in [0.15, 0.2) is 43.3 Å². The Morgan fingerprint density at radius 3 is 2.79 bits per heavy atom. The van der Waals surface area contributed by atoms with E-state index in [2.05, 4.69) is 15.1 Å². The average molecular weight is 328 g/mol. The summed E-state index contributed by atoms with van der Waals surface area (Å²) in [6.07, 6.45) is 2.97. The van der Waals surface area contributed by atoms with E-state index in [0.717, 1.165) is 4.57 Å². The first-order valence-corrected chi connectivity index (χ1v) is 7.03. The van der Waals surface area contributed by atoms with Gasteiger partial charge in [-0.15, -0.1) is 0 Å². The van der Waals surface area contributed by atoms with E-state index in [4.69, 9.17) is 8.94 Å². The highest BCUT2D eigenvalue weighted by Crippen LogP contribution is 2.16. The molecular formula is C14H12N6O4. The molecule has 10 nitrogen and oxygen atoms in total. The SMILES string of the molecule is Cn1c(=O)c2c(ncn2Cc2nc(-c3ccco3)no2)n(C)c1=O. The van der Waals surface area contributed by atoms with Gasteiger partial charge in [0, 0.05) is 14.1 Å². The van der Waals surface area contributed by atoms with Crippen LogP contribution in [0.5, 0.6) is 0 Å². The van der Waals surface area contributed by atoms with Gasteiger partial charge in [0.05, 0.1) is 12.6 Å². The number of furan rings is 1. The zero-order valence-electron chi connectivity index (χ0n) is 12.8. The second-order valence-corrected chi connectivity index (χ2v) is 5.24. The van der Waals surface area contributed by atoms with Crippen LogP contribution in [0.1, 0.15) is 5.89 Å². The minimum Gasteiger partial charge on any atom is -0.461 e. The fraction of sp³-hybridized carbons (Fsp3) is 0.214. The van der Waals surface area contributed by atoms with Gasteiger partial charge in [-0.05, 0) is 12.1 Å². The summed E-state index contributed by atoms with van der Waals surface area (Å²) in [5.74, 6) is 1.09. The van der Waals surface area contributed by atoms with E-state index < -0.39 is 11.2 Å². The van der Waals surface area contributed by atoms with Crippen LogP contribution in [0.2, 0.25) is 0 Å². The number of aromatic nitrogens is 6. The lowest BCUT2D eigenvalue weighted by Crippen LogP contribution is -2.37. The Balaban J connectivity index is 1.79. The van der Waals surface area contributed by atoms with Gasteiger partial charge in [0.25, 0.3) is 5.56 Å². The fourth-order valence-electron chi connectivity index (χ4n) is 2.49. The lowest BCUT2D eigenvalue weighted by Gasteiger charge is -2.04. The molecule has 0 aliphatic carbocycles. The van der Waals surface area contributed by atoms with Crippen molar-refractivity contribution in [1.82, 2.24) is 28.8 Å². The number of imidazole rings is 1. The van der Waals surface area contributed by atoms with E-state index in [9.17, 15) is 9.59 Å². The van der Waals surface area contributed by atoms with Gasteiger partial charge in [0.1, 0.15) is 6.54 Å². The molecule has 0 radical (unpaired) electrons. The van der Waals surface area contributed by atoms with Crippen molar-refractivity contribution in [3.8, 4) is 11.6 Å². The lowest BCUT2D eigenvalue weighted by atomic mass is 10.4. The maximum Gasteiger partial charge on any atom is 0.332 e.